The summed E-state index contributed by atoms with van der Waals surface area (Å²) >= 11 is 0. The molecule has 1 fully saturated rings. The molecule has 1 aliphatic rings. The van der Waals surface area contributed by atoms with Gasteiger partial charge in [0, 0.05) is 12.5 Å². The molecule has 1 rings (SSSR count). The summed E-state index contributed by atoms with van der Waals surface area (Å²) in [4.78, 5) is 22.3. The highest BCUT2D eigenvalue weighted by Gasteiger charge is 2.26. The Bertz CT molecular complexity index is 234. The monoisotopic (exact) mass is 213 g/mol. The van der Waals surface area contributed by atoms with Gasteiger partial charge in [-0.1, -0.05) is 6.92 Å². The second kappa shape index (κ2) is 5.73. The van der Waals surface area contributed by atoms with Gasteiger partial charge in [-0.15, -0.1) is 0 Å². The first-order chi connectivity index (χ1) is 7.11. The molecule has 0 bridgehead atoms. The lowest BCUT2D eigenvalue weighted by Crippen LogP contribution is -2.43. The van der Waals surface area contributed by atoms with Crippen molar-refractivity contribution < 1.29 is 14.3 Å². The lowest BCUT2D eigenvalue weighted by Gasteiger charge is -2.33. The molecular formula is C11H19NO3. The molecule has 1 saturated carbocycles. The van der Waals surface area contributed by atoms with Crippen molar-refractivity contribution in [2.45, 2.75) is 45.6 Å². The Balaban J connectivity index is 2.06. The Kier molecular flexibility index (Phi) is 4.59. The van der Waals surface area contributed by atoms with Gasteiger partial charge in [0.15, 0.2) is 0 Å². The van der Waals surface area contributed by atoms with E-state index in [4.69, 9.17) is 4.74 Å². The fourth-order valence-corrected chi connectivity index (χ4v) is 1.77. The molecule has 1 amide bonds. The van der Waals surface area contributed by atoms with Crippen LogP contribution >= 0.6 is 0 Å². The fraction of sp³-hybridized carbons (Fsp3) is 0.818. The lowest BCUT2D eigenvalue weighted by atomic mass is 9.82. The Hall–Kier alpha value is -1.06. The molecule has 0 aromatic rings. The van der Waals surface area contributed by atoms with Crippen LogP contribution in [-0.2, 0) is 14.3 Å². The Labute approximate surface area is 90.4 Å². The normalized spacial score (nSPS) is 24.1. The second-order valence-electron chi connectivity index (χ2n) is 4.15. The van der Waals surface area contributed by atoms with Crippen LogP contribution in [0.25, 0.3) is 0 Å². The highest BCUT2D eigenvalue weighted by Crippen LogP contribution is 2.26. The molecule has 0 aromatic carbocycles. The van der Waals surface area contributed by atoms with Gasteiger partial charge >= 0.3 is 5.97 Å². The molecule has 1 aliphatic carbocycles. The molecule has 4 nitrogen and oxygen atoms in total. The van der Waals surface area contributed by atoms with E-state index in [0.717, 1.165) is 18.8 Å². The van der Waals surface area contributed by atoms with E-state index in [-0.39, 0.29) is 24.7 Å². The zero-order chi connectivity index (χ0) is 11.3. The minimum absolute atomic E-state index is 0.0417. The minimum Gasteiger partial charge on any atom is -0.466 e. The summed E-state index contributed by atoms with van der Waals surface area (Å²) in [7, 11) is 0. The number of esters is 1. The number of amides is 1. The summed E-state index contributed by atoms with van der Waals surface area (Å²) in [6.45, 7) is 4.30. The van der Waals surface area contributed by atoms with Gasteiger partial charge < -0.3 is 10.1 Å². The molecule has 0 heterocycles. The highest BCUT2D eigenvalue weighted by atomic mass is 16.5. The highest BCUT2D eigenvalue weighted by molar-refractivity contribution is 5.81. The molecule has 0 aromatic heterocycles. The summed E-state index contributed by atoms with van der Waals surface area (Å²) < 4.78 is 4.74. The van der Waals surface area contributed by atoms with Gasteiger partial charge in [0.2, 0.25) is 5.91 Å². The molecule has 0 saturated heterocycles. The van der Waals surface area contributed by atoms with Crippen LogP contribution in [0.15, 0.2) is 0 Å². The predicted octanol–water partition coefficient (Wildman–Crippen LogP) is 1.24. The van der Waals surface area contributed by atoms with Crippen LogP contribution in [0.5, 0.6) is 0 Å². The predicted molar refractivity (Wildman–Crippen MR) is 56.2 cm³/mol. The van der Waals surface area contributed by atoms with Gasteiger partial charge in [0.05, 0.1) is 13.0 Å². The van der Waals surface area contributed by atoms with Gasteiger partial charge in [0.1, 0.15) is 0 Å². The molecule has 0 spiro atoms. The van der Waals surface area contributed by atoms with Gasteiger partial charge in [0.25, 0.3) is 0 Å². The van der Waals surface area contributed by atoms with Crippen LogP contribution in [0.2, 0.25) is 0 Å². The molecule has 15 heavy (non-hydrogen) atoms. The van der Waals surface area contributed by atoms with Crippen LogP contribution in [0.1, 0.15) is 39.5 Å². The topological polar surface area (TPSA) is 55.4 Å². The third kappa shape index (κ3) is 4.32. The molecule has 86 valence electrons. The van der Waals surface area contributed by atoms with Crippen LogP contribution in [0.3, 0.4) is 0 Å². The van der Waals surface area contributed by atoms with Crippen molar-refractivity contribution in [1.82, 2.24) is 5.32 Å². The number of rotatable bonds is 5. The van der Waals surface area contributed by atoms with Crippen LogP contribution < -0.4 is 5.32 Å². The van der Waals surface area contributed by atoms with Crippen molar-refractivity contribution in [3.05, 3.63) is 0 Å². The van der Waals surface area contributed by atoms with Crippen molar-refractivity contribution >= 4 is 11.9 Å². The van der Waals surface area contributed by atoms with Crippen molar-refractivity contribution in [3.63, 3.8) is 0 Å². The standard InChI is InChI=1S/C11H19NO3/c1-3-15-11(14)5-4-10(13)12-9-6-8(2)7-9/h8-9H,3-7H2,1-2H3,(H,12,13). The number of hydrogen-bond acceptors (Lipinski definition) is 3. The molecular weight excluding hydrogens is 194 g/mol. The molecule has 0 aliphatic heterocycles. The van der Waals surface area contributed by atoms with Crippen molar-refractivity contribution in [2.75, 3.05) is 6.61 Å². The van der Waals surface area contributed by atoms with Gasteiger partial charge in [-0.05, 0) is 25.7 Å². The maximum Gasteiger partial charge on any atom is 0.306 e. The first kappa shape index (κ1) is 12.0. The second-order valence-corrected chi connectivity index (χ2v) is 4.15. The quantitative estimate of drug-likeness (QED) is 0.699. The smallest absolute Gasteiger partial charge is 0.306 e. The molecule has 0 unspecified atom stereocenters. The third-order valence-corrected chi connectivity index (χ3v) is 2.60. The summed E-state index contributed by atoms with van der Waals surface area (Å²) in [5.41, 5.74) is 0. The van der Waals surface area contributed by atoms with E-state index >= 15 is 0 Å². The number of nitrogens with one attached hydrogen (secondary N) is 1. The minimum atomic E-state index is -0.297. The third-order valence-electron chi connectivity index (χ3n) is 2.60. The van der Waals surface area contributed by atoms with Crippen LogP contribution in [-0.4, -0.2) is 24.5 Å². The van der Waals surface area contributed by atoms with E-state index in [1.165, 1.54) is 0 Å². The van der Waals surface area contributed by atoms with E-state index in [9.17, 15) is 9.59 Å². The van der Waals surface area contributed by atoms with E-state index in [0.29, 0.717) is 12.6 Å². The Morgan fingerprint density at radius 1 is 1.33 bits per heavy atom. The lowest BCUT2D eigenvalue weighted by molar-refractivity contribution is -0.144. The zero-order valence-corrected chi connectivity index (χ0v) is 9.41. The molecule has 0 atom stereocenters. The van der Waals surface area contributed by atoms with Gasteiger partial charge in [-0.2, -0.15) is 0 Å². The zero-order valence-electron chi connectivity index (χ0n) is 9.41. The van der Waals surface area contributed by atoms with Crippen molar-refractivity contribution in [3.8, 4) is 0 Å². The summed E-state index contributed by atoms with van der Waals surface area (Å²) in [5.74, 6) is 0.384. The van der Waals surface area contributed by atoms with E-state index in [1.807, 2.05) is 0 Å². The summed E-state index contributed by atoms with van der Waals surface area (Å²) in [6.07, 6.45) is 2.54. The van der Waals surface area contributed by atoms with Gasteiger partial charge in [-0.25, -0.2) is 0 Å². The van der Waals surface area contributed by atoms with Crippen LogP contribution in [0, 0.1) is 5.92 Å². The number of carbonyl (C=O) groups is 2. The van der Waals surface area contributed by atoms with Gasteiger partial charge in [-0.3, -0.25) is 9.59 Å². The average molecular weight is 213 g/mol. The van der Waals surface area contributed by atoms with E-state index in [2.05, 4.69) is 12.2 Å². The Morgan fingerprint density at radius 2 is 2.00 bits per heavy atom. The van der Waals surface area contributed by atoms with Crippen molar-refractivity contribution in [2.24, 2.45) is 5.92 Å². The maximum absolute atomic E-state index is 11.3. The first-order valence-corrected chi connectivity index (χ1v) is 5.56. The maximum atomic E-state index is 11.3. The van der Waals surface area contributed by atoms with Crippen LogP contribution in [0.4, 0.5) is 0 Å². The Morgan fingerprint density at radius 3 is 2.53 bits per heavy atom. The SMILES string of the molecule is CCOC(=O)CCC(=O)NC1CC(C)C1. The largest absolute Gasteiger partial charge is 0.466 e. The summed E-state index contributed by atoms with van der Waals surface area (Å²) in [6, 6.07) is 0.328. The fourth-order valence-electron chi connectivity index (χ4n) is 1.77. The first-order valence-electron chi connectivity index (χ1n) is 5.56. The molecule has 4 heteroatoms. The number of carbonyl (C=O) groups excluding carboxylic acids is 2. The molecule has 1 N–H and O–H groups in total. The van der Waals surface area contributed by atoms with Crippen molar-refractivity contribution in [1.29, 1.82) is 0 Å². The number of ether oxygens (including phenoxy) is 1. The molecule has 0 radical (unpaired) electrons. The van der Waals surface area contributed by atoms with E-state index in [1.54, 1.807) is 6.92 Å². The number of hydrogen-bond donors (Lipinski definition) is 1. The average Bonchev–Trinajstić information content (AvgIpc) is 2.13. The summed E-state index contributed by atoms with van der Waals surface area (Å²) in [5, 5.41) is 2.90. The van der Waals surface area contributed by atoms with E-state index < -0.39 is 0 Å².